The zero-order chi connectivity index (χ0) is 17.9. The Bertz CT molecular complexity index is 977. The molecule has 25 heavy (non-hydrogen) atoms. The Morgan fingerprint density at radius 2 is 1.64 bits per heavy atom. The van der Waals surface area contributed by atoms with Crippen molar-refractivity contribution in [2.24, 2.45) is 0 Å². The second-order valence-corrected chi connectivity index (χ2v) is 8.23. The van der Waals surface area contributed by atoms with Crippen LogP contribution in [0.15, 0.2) is 65.8 Å². The molecule has 0 aliphatic heterocycles. The molecule has 0 fully saturated rings. The normalized spacial score (nSPS) is 11.1. The van der Waals surface area contributed by atoms with E-state index in [1.54, 1.807) is 54.9 Å². The molecule has 3 aromatic rings. The van der Waals surface area contributed by atoms with Gasteiger partial charge in [-0.15, -0.1) is 0 Å². The minimum atomic E-state index is -3.70. The molecular formula is C17H15IN4O2S. The van der Waals surface area contributed by atoms with Crippen LogP contribution < -0.4 is 10.0 Å². The first-order valence-electron chi connectivity index (χ1n) is 7.37. The molecule has 0 aliphatic rings. The van der Waals surface area contributed by atoms with Crippen LogP contribution in [0.3, 0.4) is 0 Å². The fourth-order valence-corrected chi connectivity index (χ4v) is 3.68. The van der Waals surface area contributed by atoms with Gasteiger partial charge in [-0.3, -0.25) is 4.72 Å². The van der Waals surface area contributed by atoms with Crippen molar-refractivity contribution < 1.29 is 8.42 Å². The number of hydrogen-bond donors (Lipinski definition) is 2. The standard InChI is InChI=1S/C17H15IN4O2S/c1-12-3-6-14(7-4-12)25(23,24)22-16-11-13(18)5-8-15(16)21-17-19-9-2-10-20-17/h2-11,22H,1H3,(H,19,20,21). The summed E-state index contributed by atoms with van der Waals surface area (Å²) in [4.78, 5) is 8.41. The quantitative estimate of drug-likeness (QED) is 0.557. The van der Waals surface area contributed by atoms with Gasteiger partial charge in [-0.05, 0) is 65.9 Å². The molecule has 2 N–H and O–H groups in total. The molecule has 0 aliphatic carbocycles. The summed E-state index contributed by atoms with van der Waals surface area (Å²) in [5.41, 5.74) is 2.00. The van der Waals surface area contributed by atoms with Gasteiger partial charge in [0.15, 0.2) is 0 Å². The maximum absolute atomic E-state index is 12.7. The van der Waals surface area contributed by atoms with Crippen LogP contribution in [-0.4, -0.2) is 18.4 Å². The zero-order valence-corrected chi connectivity index (χ0v) is 16.2. The molecule has 0 bridgehead atoms. The van der Waals surface area contributed by atoms with Crippen molar-refractivity contribution >= 4 is 49.9 Å². The Hall–Kier alpha value is -2.20. The molecule has 3 rings (SSSR count). The Balaban J connectivity index is 1.93. The molecule has 0 saturated heterocycles. The highest BCUT2D eigenvalue weighted by Crippen LogP contribution is 2.28. The second-order valence-electron chi connectivity index (χ2n) is 5.31. The Kier molecular flexibility index (Phi) is 5.19. The van der Waals surface area contributed by atoms with Crippen molar-refractivity contribution in [1.82, 2.24) is 9.97 Å². The van der Waals surface area contributed by atoms with Crippen LogP contribution in [0.1, 0.15) is 5.56 Å². The molecule has 1 heterocycles. The average Bonchev–Trinajstić information content (AvgIpc) is 2.58. The summed E-state index contributed by atoms with van der Waals surface area (Å²) in [5.74, 6) is 0.388. The lowest BCUT2D eigenvalue weighted by Gasteiger charge is -2.14. The highest BCUT2D eigenvalue weighted by Gasteiger charge is 2.16. The van der Waals surface area contributed by atoms with Crippen molar-refractivity contribution in [3.8, 4) is 0 Å². The monoisotopic (exact) mass is 466 g/mol. The molecule has 6 nitrogen and oxygen atoms in total. The number of aromatic nitrogens is 2. The van der Waals surface area contributed by atoms with Crippen LogP contribution in [0.4, 0.5) is 17.3 Å². The van der Waals surface area contributed by atoms with E-state index in [0.717, 1.165) is 9.13 Å². The Morgan fingerprint density at radius 3 is 2.32 bits per heavy atom. The van der Waals surface area contributed by atoms with E-state index in [0.29, 0.717) is 17.3 Å². The van der Waals surface area contributed by atoms with E-state index in [1.807, 2.05) is 13.0 Å². The van der Waals surface area contributed by atoms with Gasteiger partial charge >= 0.3 is 0 Å². The van der Waals surface area contributed by atoms with E-state index in [1.165, 1.54) is 0 Å². The lowest BCUT2D eigenvalue weighted by atomic mass is 10.2. The van der Waals surface area contributed by atoms with E-state index >= 15 is 0 Å². The van der Waals surface area contributed by atoms with Crippen LogP contribution >= 0.6 is 22.6 Å². The van der Waals surface area contributed by atoms with Crippen LogP contribution in [0.25, 0.3) is 0 Å². The van der Waals surface area contributed by atoms with Crippen LogP contribution in [-0.2, 0) is 10.0 Å². The van der Waals surface area contributed by atoms with E-state index in [2.05, 4.69) is 42.6 Å². The Morgan fingerprint density at radius 1 is 0.960 bits per heavy atom. The molecule has 128 valence electrons. The Labute approximate surface area is 159 Å². The highest BCUT2D eigenvalue weighted by molar-refractivity contribution is 14.1. The fraction of sp³-hybridized carbons (Fsp3) is 0.0588. The third-order valence-electron chi connectivity index (χ3n) is 3.37. The third kappa shape index (κ3) is 4.45. The summed E-state index contributed by atoms with van der Waals surface area (Å²) in [6.45, 7) is 1.91. The predicted molar refractivity (Wildman–Crippen MR) is 106 cm³/mol. The van der Waals surface area contributed by atoms with E-state index in [-0.39, 0.29) is 4.90 Å². The molecule has 0 atom stereocenters. The van der Waals surface area contributed by atoms with Crippen LogP contribution in [0.5, 0.6) is 0 Å². The number of halogens is 1. The number of nitrogens with one attached hydrogen (secondary N) is 2. The number of nitrogens with zero attached hydrogens (tertiary/aromatic N) is 2. The van der Waals surface area contributed by atoms with Gasteiger partial charge in [0.25, 0.3) is 10.0 Å². The molecule has 0 saturated carbocycles. The summed E-state index contributed by atoms with van der Waals surface area (Å²) in [6.07, 6.45) is 3.22. The van der Waals surface area contributed by atoms with Crippen molar-refractivity contribution in [3.05, 3.63) is 70.1 Å². The van der Waals surface area contributed by atoms with Crippen molar-refractivity contribution in [2.75, 3.05) is 10.0 Å². The number of aryl methyl sites for hydroxylation is 1. The van der Waals surface area contributed by atoms with Crippen LogP contribution in [0.2, 0.25) is 0 Å². The van der Waals surface area contributed by atoms with Gasteiger partial charge in [0, 0.05) is 16.0 Å². The van der Waals surface area contributed by atoms with Crippen molar-refractivity contribution in [3.63, 3.8) is 0 Å². The topological polar surface area (TPSA) is 84.0 Å². The molecule has 0 unspecified atom stereocenters. The maximum atomic E-state index is 12.7. The predicted octanol–water partition coefficient (Wildman–Crippen LogP) is 3.93. The van der Waals surface area contributed by atoms with E-state index < -0.39 is 10.0 Å². The lowest BCUT2D eigenvalue weighted by molar-refractivity contribution is 0.601. The first kappa shape index (κ1) is 17.6. The minimum absolute atomic E-state index is 0.207. The van der Waals surface area contributed by atoms with Gasteiger partial charge in [-0.1, -0.05) is 17.7 Å². The molecule has 2 aromatic carbocycles. The molecular weight excluding hydrogens is 451 g/mol. The average molecular weight is 466 g/mol. The molecule has 0 radical (unpaired) electrons. The summed E-state index contributed by atoms with van der Waals surface area (Å²) in [5, 5.41) is 3.03. The number of anilines is 3. The smallest absolute Gasteiger partial charge is 0.261 e. The van der Waals surface area contributed by atoms with Crippen molar-refractivity contribution in [2.45, 2.75) is 11.8 Å². The lowest BCUT2D eigenvalue weighted by Crippen LogP contribution is -2.14. The van der Waals surface area contributed by atoms with Gasteiger partial charge in [0.2, 0.25) is 5.95 Å². The van der Waals surface area contributed by atoms with Gasteiger partial charge < -0.3 is 5.32 Å². The molecule has 0 amide bonds. The summed E-state index contributed by atoms with van der Waals surface area (Å²) in [6, 6.07) is 13.8. The van der Waals surface area contributed by atoms with E-state index in [9.17, 15) is 8.42 Å². The third-order valence-corrected chi connectivity index (χ3v) is 5.42. The summed E-state index contributed by atoms with van der Waals surface area (Å²) >= 11 is 2.13. The first-order valence-corrected chi connectivity index (χ1v) is 9.93. The maximum Gasteiger partial charge on any atom is 0.261 e. The van der Waals surface area contributed by atoms with Gasteiger partial charge in [0.05, 0.1) is 16.3 Å². The second kappa shape index (κ2) is 7.36. The minimum Gasteiger partial charge on any atom is -0.322 e. The van der Waals surface area contributed by atoms with E-state index in [4.69, 9.17) is 0 Å². The number of benzene rings is 2. The molecule has 1 aromatic heterocycles. The number of rotatable bonds is 5. The van der Waals surface area contributed by atoms with Crippen molar-refractivity contribution in [1.29, 1.82) is 0 Å². The van der Waals surface area contributed by atoms with Gasteiger partial charge in [0.1, 0.15) is 0 Å². The summed E-state index contributed by atoms with van der Waals surface area (Å²) in [7, 11) is -3.70. The number of sulfonamides is 1. The fourth-order valence-electron chi connectivity index (χ4n) is 2.12. The van der Waals surface area contributed by atoms with Crippen LogP contribution in [0, 0.1) is 10.5 Å². The molecule has 8 heteroatoms. The molecule has 0 spiro atoms. The van der Waals surface area contributed by atoms with Gasteiger partial charge in [-0.25, -0.2) is 18.4 Å². The first-order chi connectivity index (χ1) is 11.9. The highest BCUT2D eigenvalue weighted by atomic mass is 127. The number of hydrogen-bond acceptors (Lipinski definition) is 5. The largest absolute Gasteiger partial charge is 0.322 e. The summed E-state index contributed by atoms with van der Waals surface area (Å²) < 4.78 is 28.8. The SMILES string of the molecule is Cc1ccc(S(=O)(=O)Nc2cc(I)ccc2Nc2ncccn2)cc1. The van der Waals surface area contributed by atoms with Gasteiger partial charge in [-0.2, -0.15) is 0 Å². The zero-order valence-electron chi connectivity index (χ0n) is 13.3.